The van der Waals surface area contributed by atoms with Gasteiger partial charge in [-0.25, -0.2) is 17.6 Å². The van der Waals surface area contributed by atoms with E-state index in [0.29, 0.717) is 6.07 Å². The summed E-state index contributed by atoms with van der Waals surface area (Å²) >= 11 is 0. The molecule has 3 atom stereocenters. The van der Waals surface area contributed by atoms with Gasteiger partial charge >= 0.3 is 5.97 Å². The molecule has 130 valence electrons. The van der Waals surface area contributed by atoms with Gasteiger partial charge in [0.15, 0.2) is 23.3 Å². The van der Waals surface area contributed by atoms with E-state index in [1.807, 2.05) is 0 Å². The Labute approximate surface area is 135 Å². The smallest absolute Gasteiger partial charge is 0.322 e. The monoisotopic (exact) mass is 345 g/mol. The summed E-state index contributed by atoms with van der Waals surface area (Å²) in [7, 11) is 0. The van der Waals surface area contributed by atoms with E-state index in [9.17, 15) is 27.2 Å². The van der Waals surface area contributed by atoms with Gasteiger partial charge in [-0.3, -0.25) is 14.6 Å². The summed E-state index contributed by atoms with van der Waals surface area (Å²) in [4.78, 5) is 28.0. The molecule has 1 aromatic carbocycles. The number of Topliss-reactive ketones (excluding diaryl/α,β-unsaturated/α-hetero) is 1. The summed E-state index contributed by atoms with van der Waals surface area (Å²) in [5.41, 5.74) is -1.47. The number of ether oxygens (including phenoxy) is 1. The zero-order valence-corrected chi connectivity index (χ0v) is 13.0. The van der Waals surface area contributed by atoms with Crippen LogP contribution in [0, 0.1) is 30.3 Å². The second kappa shape index (κ2) is 7.11. The molecule has 3 unspecified atom stereocenters. The minimum absolute atomic E-state index is 0.0507. The Morgan fingerprint density at radius 2 is 2.00 bits per heavy atom. The molecule has 2 rings (SSSR count). The summed E-state index contributed by atoms with van der Waals surface area (Å²) in [6.07, 6.45) is -0.110. The number of hydrogen-bond donors (Lipinski definition) is 0. The third kappa shape index (κ3) is 3.63. The SMILES string of the molecule is CCOC(=O)C(C=NC1CC1F)C(=O)c1cc(F)c(F)c(C)c1F. The Morgan fingerprint density at radius 1 is 1.38 bits per heavy atom. The van der Waals surface area contributed by atoms with Crippen LogP contribution >= 0.6 is 0 Å². The van der Waals surface area contributed by atoms with E-state index < -0.39 is 58.5 Å². The molecule has 0 radical (unpaired) electrons. The molecule has 1 fully saturated rings. The Kier molecular flexibility index (Phi) is 5.36. The number of alkyl halides is 1. The van der Waals surface area contributed by atoms with E-state index >= 15 is 0 Å². The van der Waals surface area contributed by atoms with Crippen molar-refractivity contribution in [3.63, 3.8) is 0 Å². The number of ketones is 1. The van der Waals surface area contributed by atoms with E-state index in [2.05, 4.69) is 4.99 Å². The van der Waals surface area contributed by atoms with Crippen molar-refractivity contribution < 1.29 is 31.9 Å². The molecule has 8 heteroatoms. The van der Waals surface area contributed by atoms with Crippen LogP contribution in [0.4, 0.5) is 17.6 Å². The van der Waals surface area contributed by atoms with Crippen LogP contribution in [-0.2, 0) is 9.53 Å². The number of benzene rings is 1. The maximum Gasteiger partial charge on any atom is 0.322 e. The van der Waals surface area contributed by atoms with E-state index in [1.165, 1.54) is 6.92 Å². The van der Waals surface area contributed by atoms with Crippen molar-refractivity contribution in [3.05, 3.63) is 34.6 Å². The van der Waals surface area contributed by atoms with E-state index in [-0.39, 0.29) is 13.0 Å². The second-order valence-corrected chi connectivity index (χ2v) is 5.37. The molecular formula is C16H15F4NO3. The van der Waals surface area contributed by atoms with Crippen LogP contribution in [0.25, 0.3) is 0 Å². The van der Waals surface area contributed by atoms with Crippen LogP contribution in [0.5, 0.6) is 0 Å². The van der Waals surface area contributed by atoms with Gasteiger partial charge in [-0.2, -0.15) is 0 Å². The van der Waals surface area contributed by atoms with Crippen molar-refractivity contribution in [1.29, 1.82) is 0 Å². The highest BCUT2D eigenvalue weighted by atomic mass is 19.2. The largest absolute Gasteiger partial charge is 0.465 e. The second-order valence-electron chi connectivity index (χ2n) is 5.37. The van der Waals surface area contributed by atoms with Crippen molar-refractivity contribution in [2.75, 3.05) is 6.61 Å². The summed E-state index contributed by atoms with van der Waals surface area (Å²) in [6, 6.07) is -0.277. The predicted octanol–water partition coefficient (Wildman–Crippen LogP) is 2.96. The Balaban J connectivity index is 2.37. The van der Waals surface area contributed by atoms with Crippen molar-refractivity contribution in [2.24, 2.45) is 10.9 Å². The van der Waals surface area contributed by atoms with Gasteiger partial charge in [0.1, 0.15) is 12.0 Å². The summed E-state index contributed by atoms with van der Waals surface area (Å²) in [5, 5.41) is 0. The number of aliphatic imine (C=N–C) groups is 1. The molecule has 0 N–H and O–H groups in total. The van der Waals surface area contributed by atoms with Gasteiger partial charge in [-0.1, -0.05) is 0 Å². The minimum atomic E-state index is -1.66. The van der Waals surface area contributed by atoms with Crippen molar-refractivity contribution in [3.8, 4) is 0 Å². The van der Waals surface area contributed by atoms with Crippen LogP contribution in [0.2, 0.25) is 0 Å². The van der Waals surface area contributed by atoms with Gasteiger partial charge < -0.3 is 4.74 Å². The lowest BCUT2D eigenvalue weighted by atomic mass is 9.96. The van der Waals surface area contributed by atoms with Crippen molar-refractivity contribution >= 4 is 18.0 Å². The zero-order chi connectivity index (χ0) is 18.0. The van der Waals surface area contributed by atoms with Crippen LogP contribution in [0.1, 0.15) is 29.3 Å². The highest BCUT2D eigenvalue weighted by Crippen LogP contribution is 2.29. The number of esters is 1. The number of carbonyl (C=O) groups is 2. The quantitative estimate of drug-likeness (QED) is 0.199. The van der Waals surface area contributed by atoms with Gasteiger partial charge in [0.25, 0.3) is 0 Å². The zero-order valence-electron chi connectivity index (χ0n) is 13.0. The highest BCUT2D eigenvalue weighted by molar-refractivity contribution is 6.18. The first-order valence-electron chi connectivity index (χ1n) is 7.30. The Bertz CT molecular complexity index is 705. The lowest BCUT2D eigenvalue weighted by Gasteiger charge is -2.12. The fourth-order valence-electron chi connectivity index (χ4n) is 2.05. The number of nitrogens with zero attached hydrogens (tertiary/aromatic N) is 1. The van der Waals surface area contributed by atoms with Gasteiger partial charge in [0.05, 0.1) is 18.2 Å². The lowest BCUT2D eigenvalue weighted by Crippen LogP contribution is -2.29. The molecule has 24 heavy (non-hydrogen) atoms. The molecule has 0 amide bonds. The van der Waals surface area contributed by atoms with Crippen LogP contribution in [0.15, 0.2) is 11.1 Å². The first-order chi connectivity index (χ1) is 11.3. The average Bonchev–Trinajstić information content (AvgIpc) is 3.24. The number of halogens is 4. The Hall–Kier alpha value is -2.25. The molecule has 1 aliphatic carbocycles. The number of carbonyl (C=O) groups excluding carboxylic acids is 2. The lowest BCUT2D eigenvalue weighted by molar-refractivity contribution is -0.143. The third-order valence-electron chi connectivity index (χ3n) is 3.57. The minimum Gasteiger partial charge on any atom is -0.465 e. The standard InChI is InChI=1S/C16H15F4NO3/c1-3-24-16(23)9(6-21-12-5-10(12)17)15(22)8-4-11(18)14(20)7(2)13(8)19/h4,6,9-10,12H,3,5H2,1-2H3. The van der Waals surface area contributed by atoms with Crippen LogP contribution < -0.4 is 0 Å². The molecule has 0 aromatic heterocycles. The predicted molar refractivity (Wildman–Crippen MR) is 77.3 cm³/mol. The molecule has 0 saturated heterocycles. The third-order valence-corrected chi connectivity index (χ3v) is 3.57. The molecule has 1 saturated carbocycles. The highest BCUT2D eigenvalue weighted by Gasteiger charge is 2.38. The van der Waals surface area contributed by atoms with E-state index in [4.69, 9.17) is 4.74 Å². The maximum atomic E-state index is 14.1. The number of hydrogen-bond acceptors (Lipinski definition) is 4. The molecule has 4 nitrogen and oxygen atoms in total. The topological polar surface area (TPSA) is 55.7 Å². The van der Waals surface area contributed by atoms with Crippen LogP contribution in [0.3, 0.4) is 0 Å². The Morgan fingerprint density at radius 3 is 2.54 bits per heavy atom. The fourth-order valence-corrected chi connectivity index (χ4v) is 2.05. The molecule has 1 aliphatic rings. The molecule has 0 bridgehead atoms. The molecule has 0 spiro atoms. The first kappa shape index (κ1) is 18.1. The van der Waals surface area contributed by atoms with E-state index in [0.717, 1.165) is 13.1 Å². The van der Waals surface area contributed by atoms with Gasteiger partial charge in [0, 0.05) is 18.2 Å². The summed E-state index contributed by atoms with van der Waals surface area (Å²) in [6.45, 7) is 2.41. The van der Waals surface area contributed by atoms with Crippen molar-refractivity contribution in [2.45, 2.75) is 32.5 Å². The van der Waals surface area contributed by atoms with Gasteiger partial charge in [0.2, 0.25) is 0 Å². The number of rotatable bonds is 6. The maximum absolute atomic E-state index is 14.1. The van der Waals surface area contributed by atoms with Crippen LogP contribution in [-0.4, -0.2) is 36.8 Å². The van der Waals surface area contributed by atoms with Gasteiger partial charge in [-0.15, -0.1) is 0 Å². The fraction of sp³-hybridized carbons (Fsp3) is 0.438. The molecule has 1 aromatic rings. The van der Waals surface area contributed by atoms with Crippen molar-refractivity contribution in [1.82, 2.24) is 0 Å². The normalized spacial score (nSPS) is 20.9. The summed E-state index contributed by atoms with van der Waals surface area (Å²) < 4.78 is 58.5. The van der Waals surface area contributed by atoms with Gasteiger partial charge in [-0.05, 0) is 19.9 Å². The molecular weight excluding hydrogens is 330 g/mol. The van der Waals surface area contributed by atoms with E-state index in [1.54, 1.807) is 0 Å². The average molecular weight is 345 g/mol. The summed E-state index contributed by atoms with van der Waals surface area (Å²) in [5.74, 6) is -7.91. The molecule has 0 aliphatic heterocycles. The molecule has 0 heterocycles. The first-order valence-corrected chi connectivity index (χ1v) is 7.30.